The van der Waals surface area contributed by atoms with Crippen LogP contribution >= 0.6 is 0 Å². The fourth-order valence-electron chi connectivity index (χ4n) is 3.05. The molecule has 2 aromatic carbocycles. The molecule has 0 saturated heterocycles. The van der Waals surface area contributed by atoms with Crippen LogP contribution in [0.3, 0.4) is 0 Å². The summed E-state index contributed by atoms with van der Waals surface area (Å²) in [7, 11) is 3.46. The summed E-state index contributed by atoms with van der Waals surface area (Å²) in [4.78, 5) is 18.0. The lowest BCUT2D eigenvalue weighted by Crippen LogP contribution is -2.43. The molecule has 1 heterocycles. The molecule has 0 bridgehead atoms. The average Bonchev–Trinajstić information content (AvgIpc) is 3.13. The molecule has 1 aliphatic heterocycles. The summed E-state index contributed by atoms with van der Waals surface area (Å²) in [6.45, 7) is 2.77. The van der Waals surface area contributed by atoms with Gasteiger partial charge in [-0.05, 0) is 24.1 Å². The number of ether oxygens (including phenoxy) is 1. The fourth-order valence-corrected chi connectivity index (χ4v) is 3.05. The molecule has 28 heavy (non-hydrogen) atoms. The maximum Gasteiger partial charge on any atom is 0.243 e. The van der Waals surface area contributed by atoms with Gasteiger partial charge in [-0.15, -0.1) is 0 Å². The van der Waals surface area contributed by atoms with Gasteiger partial charge < -0.3 is 20.3 Å². The van der Waals surface area contributed by atoms with E-state index in [1.807, 2.05) is 36.4 Å². The smallest absolute Gasteiger partial charge is 0.243 e. The van der Waals surface area contributed by atoms with Gasteiger partial charge in [0.1, 0.15) is 18.4 Å². The van der Waals surface area contributed by atoms with E-state index in [9.17, 15) is 4.79 Å². The number of carbonyl (C=O) groups excluding carboxylic acids is 1. The first-order chi connectivity index (χ1) is 13.5. The van der Waals surface area contributed by atoms with Crippen LogP contribution in [-0.4, -0.2) is 50.1 Å². The zero-order chi connectivity index (χ0) is 19.9. The summed E-state index contributed by atoms with van der Waals surface area (Å²) >= 11 is 0. The lowest BCUT2D eigenvalue weighted by molar-refractivity contribution is -0.127. The van der Waals surface area contributed by atoms with Gasteiger partial charge in [-0.3, -0.25) is 4.79 Å². The molecule has 3 rings (SSSR count). The molecule has 1 aliphatic rings. The van der Waals surface area contributed by atoms with E-state index in [1.165, 1.54) is 5.56 Å². The Kier molecular flexibility index (Phi) is 6.53. The molecule has 0 saturated carbocycles. The molecule has 2 N–H and O–H groups in total. The zero-order valence-electron chi connectivity index (χ0n) is 16.7. The van der Waals surface area contributed by atoms with Gasteiger partial charge in [-0.1, -0.05) is 48.5 Å². The molecule has 1 amide bonds. The number of para-hydroxylation sites is 1. The standard InChI is InChI=1S/C22H28N4O2/c1-16(17-9-5-4-6-10-17)25-22(24-15-21(27)26(2)3)23-14-19-13-18-11-7-8-12-20(18)28-19/h4-12,16,19H,13-15H2,1-3H3,(H2,23,24,25). The zero-order valence-corrected chi connectivity index (χ0v) is 16.7. The number of fused-ring (bicyclic) bond motifs is 1. The predicted molar refractivity (Wildman–Crippen MR) is 112 cm³/mol. The number of likely N-dealkylation sites (N-methyl/N-ethyl adjacent to an activating group) is 1. The minimum Gasteiger partial charge on any atom is -0.488 e. The van der Waals surface area contributed by atoms with Crippen molar-refractivity contribution in [3.05, 3.63) is 65.7 Å². The van der Waals surface area contributed by atoms with E-state index in [2.05, 4.69) is 40.7 Å². The van der Waals surface area contributed by atoms with Crippen molar-refractivity contribution in [3.63, 3.8) is 0 Å². The highest BCUT2D eigenvalue weighted by atomic mass is 16.5. The van der Waals surface area contributed by atoms with E-state index in [-0.39, 0.29) is 24.6 Å². The van der Waals surface area contributed by atoms with Crippen LogP contribution in [-0.2, 0) is 11.2 Å². The van der Waals surface area contributed by atoms with Crippen LogP contribution in [0, 0.1) is 0 Å². The van der Waals surface area contributed by atoms with Crippen LogP contribution < -0.4 is 15.4 Å². The fraction of sp³-hybridized carbons (Fsp3) is 0.364. The van der Waals surface area contributed by atoms with Crippen molar-refractivity contribution in [3.8, 4) is 5.75 Å². The van der Waals surface area contributed by atoms with Crippen LogP contribution in [0.5, 0.6) is 5.75 Å². The molecular formula is C22H28N4O2. The second kappa shape index (κ2) is 9.26. The van der Waals surface area contributed by atoms with E-state index in [0.717, 1.165) is 17.7 Å². The maximum absolute atomic E-state index is 12.0. The van der Waals surface area contributed by atoms with Gasteiger partial charge in [-0.25, -0.2) is 4.99 Å². The van der Waals surface area contributed by atoms with E-state index in [0.29, 0.717) is 12.5 Å². The van der Waals surface area contributed by atoms with Crippen molar-refractivity contribution in [2.45, 2.75) is 25.5 Å². The third-order valence-electron chi connectivity index (χ3n) is 4.74. The lowest BCUT2D eigenvalue weighted by atomic mass is 10.1. The summed E-state index contributed by atoms with van der Waals surface area (Å²) in [5, 5.41) is 6.72. The van der Waals surface area contributed by atoms with Crippen molar-refractivity contribution in [2.24, 2.45) is 4.99 Å². The van der Waals surface area contributed by atoms with Gasteiger partial charge in [0.15, 0.2) is 5.96 Å². The van der Waals surface area contributed by atoms with E-state index in [1.54, 1.807) is 19.0 Å². The number of hydrogen-bond acceptors (Lipinski definition) is 3. The topological polar surface area (TPSA) is 66.0 Å². The number of rotatable bonds is 6. The minimum absolute atomic E-state index is 0.0426. The van der Waals surface area contributed by atoms with Crippen molar-refractivity contribution in [2.75, 3.05) is 27.2 Å². The highest BCUT2D eigenvalue weighted by Gasteiger charge is 2.22. The SMILES string of the molecule is CC(NC(=NCC(=O)N(C)C)NCC1Cc2ccccc2O1)c1ccccc1. The Morgan fingerprint density at radius 2 is 1.89 bits per heavy atom. The Bertz CT molecular complexity index is 795. The summed E-state index contributed by atoms with van der Waals surface area (Å²) in [6.07, 6.45) is 0.905. The van der Waals surface area contributed by atoms with Crippen molar-refractivity contribution < 1.29 is 9.53 Å². The third-order valence-corrected chi connectivity index (χ3v) is 4.74. The van der Waals surface area contributed by atoms with Crippen molar-refractivity contribution >= 4 is 11.9 Å². The second-order valence-corrected chi connectivity index (χ2v) is 7.16. The Hall–Kier alpha value is -3.02. The molecule has 0 spiro atoms. The second-order valence-electron chi connectivity index (χ2n) is 7.16. The third kappa shape index (κ3) is 5.25. The lowest BCUT2D eigenvalue weighted by Gasteiger charge is -2.20. The minimum atomic E-state index is -0.0435. The Morgan fingerprint density at radius 1 is 1.18 bits per heavy atom. The molecule has 0 radical (unpaired) electrons. The van der Waals surface area contributed by atoms with E-state index in [4.69, 9.17) is 4.74 Å². The summed E-state index contributed by atoms with van der Waals surface area (Å²) < 4.78 is 5.99. The first-order valence-corrected chi connectivity index (χ1v) is 9.57. The average molecular weight is 380 g/mol. The number of aliphatic imine (C=N–C) groups is 1. The molecule has 2 unspecified atom stereocenters. The highest BCUT2D eigenvalue weighted by molar-refractivity contribution is 5.85. The predicted octanol–water partition coefficient (Wildman–Crippen LogP) is 2.37. The Morgan fingerprint density at radius 3 is 2.61 bits per heavy atom. The van der Waals surface area contributed by atoms with E-state index >= 15 is 0 Å². The number of hydrogen-bond donors (Lipinski definition) is 2. The van der Waals surface area contributed by atoms with Crippen LogP contribution in [0.1, 0.15) is 24.1 Å². The molecule has 0 fully saturated rings. The first kappa shape index (κ1) is 19.7. The van der Waals surface area contributed by atoms with Gasteiger partial charge in [0.2, 0.25) is 5.91 Å². The molecule has 2 aromatic rings. The number of nitrogens with one attached hydrogen (secondary N) is 2. The number of carbonyl (C=O) groups is 1. The van der Waals surface area contributed by atoms with Gasteiger partial charge in [-0.2, -0.15) is 0 Å². The molecule has 148 valence electrons. The highest BCUT2D eigenvalue weighted by Crippen LogP contribution is 2.27. The van der Waals surface area contributed by atoms with Crippen molar-refractivity contribution in [1.29, 1.82) is 0 Å². The Balaban J connectivity index is 1.62. The number of guanidine groups is 1. The van der Waals surface area contributed by atoms with Crippen molar-refractivity contribution in [1.82, 2.24) is 15.5 Å². The summed E-state index contributed by atoms with van der Waals surface area (Å²) in [5.74, 6) is 1.50. The van der Waals surface area contributed by atoms with Crippen LogP contribution in [0.4, 0.5) is 0 Å². The molecule has 0 aromatic heterocycles. The molecular weight excluding hydrogens is 352 g/mol. The van der Waals surface area contributed by atoms with Crippen LogP contribution in [0.2, 0.25) is 0 Å². The molecule has 0 aliphatic carbocycles. The van der Waals surface area contributed by atoms with Gasteiger partial charge >= 0.3 is 0 Å². The summed E-state index contributed by atoms with van der Waals surface area (Å²) in [6, 6.07) is 18.3. The van der Waals surface area contributed by atoms with E-state index < -0.39 is 0 Å². The molecule has 6 heteroatoms. The van der Waals surface area contributed by atoms with Gasteiger partial charge in [0, 0.05) is 20.5 Å². The normalized spacial score (nSPS) is 16.7. The quantitative estimate of drug-likeness (QED) is 0.597. The Labute approximate surface area is 166 Å². The van der Waals surface area contributed by atoms with Gasteiger partial charge in [0.25, 0.3) is 0 Å². The maximum atomic E-state index is 12.0. The molecule has 2 atom stereocenters. The van der Waals surface area contributed by atoms with Crippen LogP contribution in [0.25, 0.3) is 0 Å². The van der Waals surface area contributed by atoms with Crippen LogP contribution in [0.15, 0.2) is 59.6 Å². The molecule has 6 nitrogen and oxygen atoms in total. The number of benzene rings is 2. The summed E-state index contributed by atoms with van der Waals surface area (Å²) in [5.41, 5.74) is 2.38. The first-order valence-electron chi connectivity index (χ1n) is 9.57. The monoisotopic (exact) mass is 380 g/mol. The van der Waals surface area contributed by atoms with Gasteiger partial charge in [0.05, 0.1) is 12.6 Å². The number of amides is 1. The number of nitrogens with zero attached hydrogens (tertiary/aromatic N) is 2. The largest absolute Gasteiger partial charge is 0.488 e.